The number of benzene rings is 2. The molecule has 2 aromatic rings. The minimum absolute atomic E-state index is 0.0816. The van der Waals surface area contributed by atoms with Crippen molar-refractivity contribution in [3.63, 3.8) is 0 Å². The van der Waals surface area contributed by atoms with Gasteiger partial charge in [-0.3, -0.25) is 0 Å². The summed E-state index contributed by atoms with van der Waals surface area (Å²) in [5, 5.41) is 9.83. The van der Waals surface area contributed by atoms with Crippen molar-refractivity contribution in [2.75, 3.05) is 13.7 Å². The second-order valence-electron chi connectivity index (χ2n) is 5.19. The molecule has 0 fully saturated rings. The molecule has 0 aliphatic rings. The van der Waals surface area contributed by atoms with Crippen LogP contribution in [-0.4, -0.2) is 18.8 Å². The predicted molar refractivity (Wildman–Crippen MR) is 77.5 cm³/mol. The van der Waals surface area contributed by atoms with Crippen LogP contribution in [0.5, 0.6) is 5.75 Å². The van der Waals surface area contributed by atoms with Gasteiger partial charge in [-0.05, 0) is 24.1 Å². The molecule has 1 unspecified atom stereocenters. The van der Waals surface area contributed by atoms with Crippen LogP contribution in [0.3, 0.4) is 0 Å². The predicted octanol–water partition coefficient (Wildman–Crippen LogP) is 3.33. The smallest absolute Gasteiger partial charge is 0.126 e. The van der Waals surface area contributed by atoms with E-state index in [0.29, 0.717) is 17.7 Å². The fourth-order valence-electron chi connectivity index (χ4n) is 2.44. The molecule has 20 heavy (non-hydrogen) atoms. The maximum absolute atomic E-state index is 13.8. The van der Waals surface area contributed by atoms with E-state index in [0.717, 1.165) is 5.56 Å². The van der Waals surface area contributed by atoms with Gasteiger partial charge in [0.2, 0.25) is 0 Å². The van der Waals surface area contributed by atoms with Crippen molar-refractivity contribution in [2.24, 2.45) is 0 Å². The SMILES string of the molecule is COc1ccccc1C(C)(CO)Cc1ccccc1F. The van der Waals surface area contributed by atoms with Crippen LogP contribution in [-0.2, 0) is 11.8 Å². The summed E-state index contributed by atoms with van der Waals surface area (Å²) in [6.07, 6.45) is 0.413. The van der Waals surface area contributed by atoms with E-state index in [2.05, 4.69) is 0 Å². The lowest BCUT2D eigenvalue weighted by atomic mass is 9.77. The van der Waals surface area contributed by atoms with Crippen molar-refractivity contribution in [3.8, 4) is 5.75 Å². The van der Waals surface area contributed by atoms with Crippen molar-refractivity contribution in [1.82, 2.24) is 0 Å². The molecule has 3 heteroatoms. The monoisotopic (exact) mass is 274 g/mol. The highest BCUT2D eigenvalue weighted by molar-refractivity contribution is 5.41. The lowest BCUT2D eigenvalue weighted by Crippen LogP contribution is -2.30. The first kappa shape index (κ1) is 14.5. The molecule has 0 aromatic heterocycles. The lowest BCUT2D eigenvalue weighted by Gasteiger charge is -2.29. The van der Waals surface area contributed by atoms with Gasteiger partial charge in [0.05, 0.1) is 13.7 Å². The molecule has 0 radical (unpaired) electrons. The second kappa shape index (κ2) is 6.06. The maximum Gasteiger partial charge on any atom is 0.126 e. The van der Waals surface area contributed by atoms with E-state index >= 15 is 0 Å². The Hall–Kier alpha value is -1.87. The van der Waals surface area contributed by atoms with Gasteiger partial charge >= 0.3 is 0 Å². The Morgan fingerprint density at radius 3 is 2.40 bits per heavy atom. The molecule has 2 nitrogen and oxygen atoms in total. The summed E-state index contributed by atoms with van der Waals surface area (Å²) in [6.45, 7) is 1.83. The lowest BCUT2D eigenvalue weighted by molar-refractivity contribution is 0.200. The molecule has 0 saturated carbocycles. The molecular formula is C17H19FO2. The van der Waals surface area contributed by atoms with Gasteiger partial charge in [0, 0.05) is 11.0 Å². The van der Waals surface area contributed by atoms with Crippen LogP contribution < -0.4 is 4.74 Å². The summed E-state index contributed by atoms with van der Waals surface area (Å²) in [4.78, 5) is 0. The molecular weight excluding hydrogens is 255 g/mol. The molecule has 0 amide bonds. The zero-order valence-corrected chi connectivity index (χ0v) is 11.8. The molecule has 1 N–H and O–H groups in total. The van der Waals surface area contributed by atoms with Crippen LogP contribution in [0.2, 0.25) is 0 Å². The fraction of sp³-hybridized carbons (Fsp3) is 0.294. The van der Waals surface area contributed by atoms with Crippen molar-refractivity contribution in [1.29, 1.82) is 0 Å². The van der Waals surface area contributed by atoms with Gasteiger partial charge in [-0.2, -0.15) is 0 Å². The highest BCUT2D eigenvalue weighted by Gasteiger charge is 2.30. The van der Waals surface area contributed by atoms with E-state index in [1.807, 2.05) is 31.2 Å². The summed E-state index contributed by atoms with van der Waals surface area (Å²) >= 11 is 0. The Morgan fingerprint density at radius 1 is 1.10 bits per heavy atom. The Kier molecular flexibility index (Phi) is 4.40. The van der Waals surface area contributed by atoms with E-state index in [9.17, 15) is 9.50 Å². The van der Waals surface area contributed by atoms with Gasteiger partial charge in [-0.1, -0.05) is 43.3 Å². The Bertz CT molecular complexity index is 583. The zero-order valence-electron chi connectivity index (χ0n) is 11.8. The van der Waals surface area contributed by atoms with Crippen LogP contribution >= 0.6 is 0 Å². The molecule has 2 rings (SSSR count). The Morgan fingerprint density at radius 2 is 1.75 bits per heavy atom. The van der Waals surface area contributed by atoms with Gasteiger partial charge in [0.15, 0.2) is 0 Å². The minimum atomic E-state index is -0.588. The first-order chi connectivity index (χ1) is 9.60. The topological polar surface area (TPSA) is 29.5 Å². The van der Waals surface area contributed by atoms with E-state index in [-0.39, 0.29) is 12.4 Å². The summed E-state index contributed by atoms with van der Waals surface area (Å²) < 4.78 is 19.2. The number of ether oxygens (including phenoxy) is 1. The number of hydrogen-bond donors (Lipinski definition) is 1. The third-order valence-electron chi connectivity index (χ3n) is 3.64. The van der Waals surface area contributed by atoms with Crippen molar-refractivity contribution in [2.45, 2.75) is 18.8 Å². The molecule has 1 atom stereocenters. The average molecular weight is 274 g/mol. The van der Waals surface area contributed by atoms with Crippen LogP contribution in [0.15, 0.2) is 48.5 Å². The minimum Gasteiger partial charge on any atom is -0.496 e. The molecule has 0 aliphatic heterocycles. The second-order valence-corrected chi connectivity index (χ2v) is 5.19. The van der Waals surface area contributed by atoms with Crippen LogP contribution in [0.25, 0.3) is 0 Å². The molecule has 106 valence electrons. The van der Waals surface area contributed by atoms with Crippen LogP contribution in [0, 0.1) is 5.82 Å². The summed E-state index contributed by atoms with van der Waals surface area (Å²) in [5.41, 5.74) is 0.887. The Balaban J connectivity index is 2.41. The first-order valence-corrected chi connectivity index (χ1v) is 6.58. The van der Waals surface area contributed by atoms with Crippen molar-refractivity contribution < 1.29 is 14.2 Å². The molecule has 0 saturated heterocycles. The highest BCUT2D eigenvalue weighted by Crippen LogP contribution is 2.34. The van der Waals surface area contributed by atoms with Crippen molar-refractivity contribution >= 4 is 0 Å². The van der Waals surface area contributed by atoms with Crippen molar-refractivity contribution in [3.05, 3.63) is 65.5 Å². The summed E-state index contributed by atoms with van der Waals surface area (Å²) in [7, 11) is 1.60. The average Bonchev–Trinajstić information content (AvgIpc) is 2.49. The molecule has 0 spiro atoms. The number of rotatable bonds is 5. The van der Waals surface area contributed by atoms with Gasteiger partial charge < -0.3 is 9.84 Å². The van der Waals surface area contributed by atoms with E-state index in [4.69, 9.17) is 4.74 Å². The molecule has 0 bridgehead atoms. The third-order valence-corrected chi connectivity index (χ3v) is 3.64. The molecule has 0 aliphatic carbocycles. The summed E-state index contributed by atoms with van der Waals surface area (Å²) in [5.74, 6) is 0.461. The quantitative estimate of drug-likeness (QED) is 0.906. The number of hydrogen-bond acceptors (Lipinski definition) is 2. The van der Waals surface area contributed by atoms with Gasteiger partial charge in [-0.25, -0.2) is 4.39 Å². The van der Waals surface area contributed by atoms with Gasteiger partial charge in [0.1, 0.15) is 11.6 Å². The number of halogens is 1. The van der Waals surface area contributed by atoms with Gasteiger partial charge in [0.25, 0.3) is 0 Å². The Labute approximate surface area is 118 Å². The molecule has 0 heterocycles. The highest BCUT2D eigenvalue weighted by atomic mass is 19.1. The third kappa shape index (κ3) is 2.83. The number of aliphatic hydroxyl groups is 1. The summed E-state index contributed by atoms with van der Waals surface area (Å²) in [6, 6.07) is 14.2. The first-order valence-electron chi connectivity index (χ1n) is 6.58. The number of methoxy groups -OCH3 is 1. The fourth-order valence-corrected chi connectivity index (χ4v) is 2.44. The maximum atomic E-state index is 13.8. The van der Waals surface area contributed by atoms with Crippen LogP contribution in [0.4, 0.5) is 4.39 Å². The van der Waals surface area contributed by atoms with Crippen LogP contribution in [0.1, 0.15) is 18.1 Å². The zero-order chi connectivity index (χ0) is 14.6. The normalized spacial score (nSPS) is 13.8. The number of aliphatic hydroxyl groups excluding tert-OH is 1. The van der Waals surface area contributed by atoms with E-state index in [1.165, 1.54) is 6.07 Å². The van der Waals surface area contributed by atoms with Gasteiger partial charge in [-0.15, -0.1) is 0 Å². The molecule has 2 aromatic carbocycles. The number of para-hydroxylation sites is 1. The van der Waals surface area contributed by atoms with E-state index in [1.54, 1.807) is 25.3 Å². The standard InChI is InChI=1S/C17H19FO2/c1-17(12-19,11-13-7-3-5-9-15(13)18)14-8-4-6-10-16(14)20-2/h3-10,19H,11-12H2,1-2H3. The van der Waals surface area contributed by atoms with E-state index < -0.39 is 5.41 Å². The largest absolute Gasteiger partial charge is 0.496 e.